The summed E-state index contributed by atoms with van der Waals surface area (Å²) in [5, 5.41) is 5.16. The summed E-state index contributed by atoms with van der Waals surface area (Å²) < 4.78 is 19.4. The van der Waals surface area contributed by atoms with Crippen LogP contribution < -0.4 is 5.32 Å². The zero-order chi connectivity index (χ0) is 20.1. The van der Waals surface area contributed by atoms with Gasteiger partial charge in [0.2, 0.25) is 5.91 Å². The molecule has 1 heterocycles. The van der Waals surface area contributed by atoms with E-state index < -0.39 is 11.8 Å². The molecule has 0 bridgehead atoms. The Hall–Kier alpha value is -2.58. The SMILES string of the molecule is Cc1ccccc1NC(=O)Cc1nc(COC(=O)c2ccc(Br)cc2F)cs1. The summed E-state index contributed by atoms with van der Waals surface area (Å²) in [7, 11) is 0. The third kappa shape index (κ3) is 5.24. The summed E-state index contributed by atoms with van der Waals surface area (Å²) in [6.45, 7) is 1.82. The normalized spacial score (nSPS) is 10.5. The smallest absolute Gasteiger partial charge is 0.341 e. The van der Waals surface area contributed by atoms with Crippen LogP contribution in [0.15, 0.2) is 52.3 Å². The van der Waals surface area contributed by atoms with E-state index in [9.17, 15) is 14.0 Å². The molecule has 0 unspecified atom stereocenters. The molecule has 0 saturated heterocycles. The number of hydrogen-bond donors (Lipinski definition) is 1. The number of anilines is 1. The van der Waals surface area contributed by atoms with Crippen LogP contribution >= 0.6 is 27.3 Å². The number of rotatable bonds is 6. The molecular weight excluding hydrogens is 447 g/mol. The molecule has 0 spiro atoms. The molecule has 0 radical (unpaired) electrons. The summed E-state index contributed by atoms with van der Waals surface area (Å²) in [4.78, 5) is 28.5. The number of aryl methyl sites for hydroxylation is 1. The van der Waals surface area contributed by atoms with Crippen molar-refractivity contribution in [2.75, 3.05) is 5.32 Å². The molecule has 1 amide bonds. The highest BCUT2D eigenvalue weighted by Crippen LogP contribution is 2.18. The third-order valence-corrected chi connectivity index (χ3v) is 5.22. The number of amides is 1. The molecule has 8 heteroatoms. The Balaban J connectivity index is 1.54. The summed E-state index contributed by atoms with van der Waals surface area (Å²) in [6, 6.07) is 11.6. The monoisotopic (exact) mass is 462 g/mol. The topological polar surface area (TPSA) is 68.3 Å². The lowest BCUT2D eigenvalue weighted by Crippen LogP contribution is -2.15. The van der Waals surface area contributed by atoms with E-state index in [0.717, 1.165) is 11.3 Å². The second-order valence-electron chi connectivity index (χ2n) is 5.97. The lowest BCUT2D eigenvalue weighted by molar-refractivity contribution is -0.115. The minimum atomic E-state index is -0.767. The molecule has 5 nitrogen and oxygen atoms in total. The molecule has 0 atom stereocenters. The zero-order valence-corrected chi connectivity index (χ0v) is 17.3. The maximum absolute atomic E-state index is 13.8. The molecule has 2 aromatic carbocycles. The Kier molecular flexibility index (Phi) is 6.53. The van der Waals surface area contributed by atoms with E-state index >= 15 is 0 Å². The van der Waals surface area contributed by atoms with Gasteiger partial charge in [-0.2, -0.15) is 0 Å². The Morgan fingerprint density at radius 2 is 2.04 bits per heavy atom. The zero-order valence-electron chi connectivity index (χ0n) is 14.9. The molecule has 0 aliphatic heterocycles. The van der Waals surface area contributed by atoms with Gasteiger partial charge < -0.3 is 10.1 Å². The highest BCUT2D eigenvalue weighted by molar-refractivity contribution is 9.10. The van der Waals surface area contributed by atoms with Crippen molar-refractivity contribution < 1.29 is 18.7 Å². The van der Waals surface area contributed by atoms with Crippen LogP contribution in [0.1, 0.15) is 26.6 Å². The van der Waals surface area contributed by atoms with E-state index in [0.29, 0.717) is 15.2 Å². The molecule has 28 heavy (non-hydrogen) atoms. The number of esters is 1. The van der Waals surface area contributed by atoms with Crippen molar-refractivity contribution >= 4 is 44.8 Å². The molecule has 1 aromatic heterocycles. The van der Waals surface area contributed by atoms with Gasteiger partial charge in [-0.3, -0.25) is 4.79 Å². The Bertz CT molecular complexity index is 1020. The van der Waals surface area contributed by atoms with E-state index in [2.05, 4.69) is 26.2 Å². The van der Waals surface area contributed by atoms with Crippen LogP contribution in [0.25, 0.3) is 0 Å². The van der Waals surface area contributed by atoms with Crippen molar-refractivity contribution in [2.45, 2.75) is 20.0 Å². The first-order valence-electron chi connectivity index (χ1n) is 8.33. The van der Waals surface area contributed by atoms with Crippen LogP contribution in [-0.4, -0.2) is 16.9 Å². The van der Waals surface area contributed by atoms with Gasteiger partial charge in [-0.05, 0) is 36.8 Å². The Morgan fingerprint density at radius 1 is 1.25 bits per heavy atom. The fraction of sp³-hybridized carbons (Fsp3) is 0.150. The average Bonchev–Trinajstić information content (AvgIpc) is 3.09. The van der Waals surface area contributed by atoms with Gasteiger partial charge in [-0.25, -0.2) is 14.2 Å². The predicted molar refractivity (Wildman–Crippen MR) is 109 cm³/mol. The maximum atomic E-state index is 13.8. The van der Waals surface area contributed by atoms with Gasteiger partial charge in [-0.15, -0.1) is 11.3 Å². The molecule has 3 rings (SSSR count). The van der Waals surface area contributed by atoms with Gasteiger partial charge in [0.05, 0.1) is 17.7 Å². The number of nitrogens with one attached hydrogen (secondary N) is 1. The summed E-state index contributed by atoms with van der Waals surface area (Å²) in [5.41, 5.74) is 2.10. The van der Waals surface area contributed by atoms with Crippen LogP contribution in [0, 0.1) is 12.7 Å². The van der Waals surface area contributed by atoms with Gasteiger partial charge in [0.1, 0.15) is 17.4 Å². The fourth-order valence-electron chi connectivity index (χ4n) is 2.41. The number of ether oxygens (including phenoxy) is 1. The molecule has 0 aliphatic rings. The van der Waals surface area contributed by atoms with Gasteiger partial charge in [-0.1, -0.05) is 34.1 Å². The fourth-order valence-corrected chi connectivity index (χ4v) is 3.52. The van der Waals surface area contributed by atoms with E-state index in [4.69, 9.17) is 4.74 Å². The number of nitrogens with zero attached hydrogens (tertiary/aromatic N) is 1. The Morgan fingerprint density at radius 3 is 2.79 bits per heavy atom. The summed E-state index contributed by atoms with van der Waals surface area (Å²) in [5.74, 6) is -1.60. The van der Waals surface area contributed by atoms with Crippen molar-refractivity contribution in [2.24, 2.45) is 0 Å². The molecule has 0 fully saturated rings. The quantitative estimate of drug-likeness (QED) is 0.529. The molecule has 0 saturated carbocycles. The maximum Gasteiger partial charge on any atom is 0.341 e. The molecule has 0 aliphatic carbocycles. The molecule has 144 valence electrons. The third-order valence-electron chi connectivity index (χ3n) is 3.83. The second kappa shape index (κ2) is 9.07. The van der Waals surface area contributed by atoms with Crippen molar-refractivity contribution in [3.05, 3.63) is 80.0 Å². The highest BCUT2D eigenvalue weighted by atomic mass is 79.9. The van der Waals surface area contributed by atoms with E-state index in [-0.39, 0.29) is 24.5 Å². The predicted octanol–water partition coefficient (Wildman–Crippen LogP) is 4.89. The van der Waals surface area contributed by atoms with Gasteiger partial charge in [0, 0.05) is 15.5 Å². The molecular formula is C20H16BrFN2O3S. The van der Waals surface area contributed by atoms with Gasteiger partial charge in [0.15, 0.2) is 0 Å². The van der Waals surface area contributed by atoms with Crippen molar-refractivity contribution in [3.8, 4) is 0 Å². The van der Waals surface area contributed by atoms with Crippen LogP contribution in [-0.2, 0) is 22.6 Å². The average molecular weight is 463 g/mol. The van der Waals surface area contributed by atoms with Crippen molar-refractivity contribution in [1.29, 1.82) is 0 Å². The van der Waals surface area contributed by atoms with Crippen LogP contribution in [0.5, 0.6) is 0 Å². The number of para-hydroxylation sites is 1. The Labute approximate surface area is 173 Å². The van der Waals surface area contributed by atoms with Crippen molar-refractivity contribution in [3.63, 3.8) is 0 Å². The summed E-state index contributed by atoms with van der Waals surface area (Å²) >= 11 is 4.44. The number of thiazole rings is 1. The highest BCUT2D eigenvalue weighted by Gasteiger charge is 2.15. The van der Waals surface area contributed by atoms with Crippen LogP contribution in [0.4, 0.5) is 10.1 Å². The van der Waals surface area contributed by atoms with Gasteiger partial charge in [0.25, 0.3) is 0 Å². The lowest BCUT2D eigenvalue weighted by atomic mass is 10.2. The largest absolute Gasteiger partial charge is 0.455 e. The van der Waals surface area contributed by atoms with E-state index in [1.807, 2.05) is 31.2 Å². The van der Waals surface area contributed by atoms with Crippen LogP contribution in [0.2, 0.25) is 0 Å². The van der Waals surface area contributed by atoms with Crippen molar-refractivity contribution in [1.82, 2.24) is 4.98 Å². The first-order chi connectivity index (χ1) is 13.4. The van der Waals surface area contributed by atoms with Gasteiger partial charge >= 0.3 is 5.97 Å². The van der Waals surface area contributed by atoms with Crippen LogP contribution in [0.3, 0.4) is 0 Å². The molecule has 1 N–H and O–H groups in total. The lowest BCUT2D eigenvalue weighted by Gasteiger charge is -2.06. The second-order valence-corrected chi connectivity index (χ2v) is 7.83. The van der Waals surface area contributed by atoms with E-state index in [1.54, 1.807) is 11.4 Å². The number of aromatic nitrogens is 1. The standard InChI is InChI=1S/C20H16BrFN2O3S/c1-12-4-2-3-5-17(12)24-18(25)9-19-23-14(11-28-19)10-27-20(26)15-7-6-13(21)8-16(15)22/h2-8,11H,9-10H2,1H3,(H,24,25). The first kappa shape index (κ1) is 20.2. The number of halogens is 2. The molecule has 3 aromatic rings. The summed E-state index contributed by atoms with van der Waals surface area (Å²) in [6.07, 6.45) is 0.119. The number of benzene rings is 2. The minimum Gasteiger partial charge on any atom is -0.455 e. The number of carbonyl (C=O) groups excluding carboxylic acids is 2. The minimum absolute atomic E-state index is 0.0930. The number of hydrogen-bond acceptors (Lipinski definition) is 5. The van der Waals surface area contributed by atoms with E-state index in [1.165, 1.54) is 23.5 Å². The first-order valence-corrected chi connectivity index (χ1v) is 10.0. The number of carbonyl (C=O) groups is 2.